The molecule has 0 fully saturated rings. The van der Waals surface area contributed by atoms with Crippen LogP contribution in [0.5, 0.6) is 0 Å². The van der Waals surface area contributed by atoms with Crippen LogP contribution in [-0.4, -0.2) is 24.4 Å². The van der Waals surface area contributed by atoms with Crippen LogP contribution in [0, 0.1) is 16.0 Å². The standard InChI is InChI=1S/C11H15N3O3/c1-8(7-12-2)11(15)13-9-3-5-10(6-4-9)14(16)17/h3-6,8,12H,7H2,1-2H3,(H,13,15). The summed E-state index contributed by atoms with van der Waals surface area (Å²) in [7, 11) is 1.77. The molecule has 1 atom stereocenters. The minimum absolute atomic E-state index is 0.00581. The number of hydrogen-bond donors (Lipinski definition) is 2. The lowest BCUT2D eigenvalue weighted by atomic mass is 10.1. The molecule has 0 spiro atoms. The third kappa shape index (κ3) is 3.84. The number of nitro benzene ring substituents is 1. The molecule has 17 heavy (non-hydrogen) atoms. The van der Waals surface area contributed by atoms with Gasteiger partial charge in [0.1, 0.15) is 0 Å². The average Bonchev–Trinajstić information content (AvgIpc) is 2.30. The smallest absolute Gasteiger partial charge is 0.269 e. The highest BCUT2D eigenvalue weighted by atomic mass is 16.6. The van der Waals surface area contributed by atoms with Crippen LogP contribution >= 0.6 is 0 Å². The molecule has 1 aromatic carbocycles. The van der Waals surface area contributed by atoms with E-state index in [2.05, 4.69) is 10.6 Å². The highest BCUT2D eigenvalue weighted by Crippen LogP contribution is 2.15. The van der Waals surface area contributed by atoms with E-state index in [4.69, 9.17) is 0 Å². The lowest BCUT2D eigenvalue weighted by molar-refractivity contribution is -0.384. The molecule has 1 rings (SSSR count). The predicted molar refractivity (Wildman–Crippen MR) is 64.8 cm³/mol. The molecule has 0 aromatic heterocycles. The monoisotopic (exact) mass is 237 g/mol. The predicted octanol–water partition coefficient (Wildman–Crippen LogP) is 1.39. The lowest BCUT2D eigenvalue weighted by Crippen LogP contribution is -2.28. The zero-order valence-corrected chi connectivity index (χ0v) is 9.77. The molecule has 0 bridgehead atoms. The molecule has 0 aliphatic carbocycles. The fourth-order valence-electron chi connectivity index (χ4n) is 1.33. The van der Waals surface area contributed by atoms with E-state index in [1.165, 1.54) is 24.3 Å². The minimum Gasteiger partial charge on any atom is -0.326 e. The molecule has 1 amide bonds. The van der Waals surface area contributed by atoms with E-state index in [0.29, 0.717) is 12.2 Å². The molecule has 0 aliphatic rings. The first kappa shape index (κ1) is 13.1. The molecule has 2 N–H and O–H groups in total. The Hall–Kier alpha value is -1.95. The number of amides is 1. The Morgan fingerprint density at radius 1 is 1.41 bits per heavy atom. The van der Waals surface area contributed by atoms with E-state index in [1.807, 2.05) is 0 Å². The normalized spacial score (nSPS) is 11.9. The summed E-state index contributed by atoms with van der Waals surface area (Å²) in [6.07, 6.45) is 0. The molecular formula is C11H15N3O3. The van der Waals surface area contributed by atoms with Crippen LogP contribution in [0.3, 0.4) is 0 Å². The van der Waals surface area contributed by atoms with E-state index < -0.39 is 4.92 Å². The van der Waals surface area contributed by atoms with Gasteiger partial charge in [0.25, 0.3) is 5.69 Å². The Balaban J connectivity index is 2.63. The van der Waals surface area contributed by atoms with Crippen molar-refractivity contribution in [1.29, 1.82) is 0 Å². The number of rotatable bonds is 5. The van der Waals surface area contributed by atoms with Crippen LogP contribution in [0.4, 0.5) is 11.4 Å². The van der Waals surface area contributed by atoms with E-state index in [0.717, 1.165) is 0 Å². The second kappa shape index (κ2) is 5.95. The Morgan fingerprint density at radius 3 is 2.47 bits per heavy atom. The topological polar surface area (TPSA) is 84.3 Å². The number of nitrogens with zero attached hydrogens (tertiary/aromatic N) is 1. The summed E-state index contributed by atoms with van der Waals surface area (Å²) in [4.78, 5) is 21.6. The number of carbonyl (C=O) groups is 1. The zero-order chi connectivity index (χ0) is 12.8. The van der Waals surface area contributed by atoms with Crippen LogP contribution in [-0.2, 0) is 4.79 Å². The van der Waals surface area contributed by atoms with Crippen LogP contribution in [0.15, 0.2) is 24.3 Å². The van der Waals surface area contributed by atoms with Crippen molar-refractivity contribution in [2.24, 2.45) is 5.92 Å². The van der Waals surface area contributed by atoms with Crippen LogP contribution in [0.2, 0.25) is 0 Å². The number of carbonyl (C=O) groups excluding carboxylic acids is 1. The van der Waals surface area contributed by atoms with Gasteiger partial charge in [0.15, 0.2) is 0 Å². The number of non-ortho nitro benzene ring substituents is 1. The highest BCUT2D eigenvalue weighted by molar-refractivity contribution is 5.92. The van der Waals surface area contributed by atoms with Gasteiger partial charge in [-0.25, -0.2) is 0 Å². The van der Waals surface area contributed by atoms with E-state index in [-0.39, 0.29) is 17.5 Å². The van der Waals surface area contributed by atoms with Crippen molar-refractivity contribution in [2.45, 2.75) is 6.92 Å². The fourth-order valence-corrected chi connectivity index (χ4v) is 1.33. The summed E-state index contributed by atoms with van der Waals surface area (Å²) in [5.41, 5.74) is 0.565. The highest BCUT2D eigenvalue weighted by Gasteiger charge is 2.12. The first-order valence-electron chi connectivity index (χ1n) is 5.24. The van der Waals surface area contributed by atoms with Crippen molar-refractivity contribution in [2.75, 3.05) is 18.9 Å². The van der Waals surface area contributed by atoms with Gasteiger partial charge in [-0.05, 0) is 19.2 Å². The molecule has 6 heteroatoms. The molecule has 0 saturated heterocycles. The number of anilines is 1. The summed E-state index contributed by atoms with van der Waals surface area (Å²) in [5.74, 6) is -0.275. The molecule has 92 valence electrons. The van der Waals surface area contributed by atoms with Gasteiger partial charge in [0.2, 0.25) is 5.91 Å². The quantitative estimate of drug-likeness (QED) is 0.598. The van der Waals surface area contributed by atoms with Crippen LogP contribution in [0.1, 0.15) is 6.92 Å². The second-order valence-corrected chi connectivity index (χ2v) is 3.75. The van der Waals surface area contributed by atoms with Gasteiger partial charge in [0, 0.05) is 30.3 Å². The molecular weight excluding hydrogens is 222 g/mol. The van der Waals surface area contributed by atoms with Gasteiger partial charge in [-0.1, -0.05) is 6.92 Å². The van der Waals surface area contributed by atoms with E-state index in [9.17, 15) is 14.9 Å². The average molecular weight is 237 g/mol. The van der Waals surface area contributed by atoms with Crippen LogP contribution in [0.25, 0.3) is 0 Å². The maximum atomic E-state index is 11.6. The van der Waals surface area contributed by atoms with Crippen molar-refractivity contribution in [3.05, 3.63) is 34.4 Å². The number of nitrogens with one attached hydrogen (secondary N) is 2. The molecule has 0 aliphatic heterocycles. The van der Waals surface area contributed by atoms with Crippen LogP contribution < -0.4 is 10.6 Å². The summed E-state index contributed by atoms with van der Waals surface area (Å²) in [6.45, 7) is 2.38. The summed E-state index contributed by atoms with van der Waals surface area (Å²) in [5, 5.41) is 16.0. The Morgan fingerprint density at radius 2 is 2.00 bits per heavy atom. The second-order valence-electron chi connectivity index (χ2n) is 3.75. The first-order chi connectivity index (χ1) is 8.04. The van der Waals surface area contributed by atoms with Crippen molar-refractivity contribution in [3.63, 3.8) is 0 Å². The zero-order valence-electron chi connectivity index (χ0n) is 9.77. The largest absolute Gasteiger partial charge is 0.326 e. The fraction of sp³-hybridized carbons (Fsp3) is 0.364. The van der Waals surface area contributed by atoms with Gasteiger partial charge >= 0.3 is 0 Å². The number of benzene rings is 1. The molecule has 1 aromatic rings. The van der Waals surface area contributed by atoms with E-state index >= 15 is 0 Å². The third-order valence-corrected chi connectivity index (χ3v) is 2.30. The lowest BCUT2D eigenvalue weighted by Gasteiger charge is -2.11. The molecule has 1 unspecified atom stereocenters. The van der Waals surface area contributed by atoms with Gasteiger partial charge in [0.05, 0.1) is 4.92 Å². The third-order valence-electron chi connectivity index (χ3n) is 2.30. The van der Waals surface area contributed by atoms with E-state index in [1.54, 1.807) is 14.0 Å². The van der Waals surface area contributed by atoms with Gasteiger partial charge in [-0.15, -0.1) is 0 Å². The number of nitro groups is 1. The summed E-state index contributed by atoms with van der Waals surface area (Å²) in [6, 6.07) is 5.75. The SMILES string of the molecule is CNCC(C)C(=O)Nc1ccc([N+](=O)[O-])cc1. The maximum absolute atomic E-state index is 11.6. The van der Waals surface area contributed by atoms with Gasteiger partial charge in [-0.3, -0.25) is 14.9 Å². The van der Waals surface area contributed by atoms with Gasteiger partial charge in [-0.2, -0.15) is 0 Å². The summed E-state index contributed by atoms with van der Waals surface area (Å²) < 4.78 is 0. The maximum Gasteiger partial charge on any atom is 0.269 e. The van der Waals surface area contributed by atoms with Crippen molar-refractivity contribution < 1.29 is 9.72 Å². The minimum atomic E-state index is -0.477. The van der Waals surface area contributed by atoms with Crippen molar-refractivity contribution in [1.82, 2.24) is 5.32 Å². The van der Waals surface area contributed by atoms with Crippen molar-refractivity contribution in [3.8, 4) is 0 Å². The molecule has 0 saturated carbocycles. The Kier molecular flexibility index (Phi) is 4.59. The van der Waals surface area contributed by atoms with Crippen molar-refractivity contribution >= 4 is 17.3 Å². The molecule has 0 radical (unpaired) electrons. The number of hydrogen-bond acceptors (Lipinski definition) is 4. The molecule has 0 heterocycles. The summed E-state index contributed by atoms with van der Waals surface area (Å²) >= 11 is 0. The Labute approximate surface area is 99.2 Å². The first-order valence-corrected chi connectivity index (χ1v) is 5.24. The molecule has 6 nitrogen and oxygen atoms in total. The van der Waals surface area contributed by atoms with Gasteiger partial charge < -0.3 is 10.6 Å². The Bertz CT molecular complexity index is 403.